The van der Waals surface area contributed by atoms with Crippen molar-refractivity contribution in [1.82, 2.24) is 0 Å². The number of nitrogens with zero attached hydrogens (tertiary/aromatic N) is 2. The number of hydrogen-bond acceptors (Lipinski definition) is 3. The summed E-state index contributed by atoms with van der Waals surface area (Å²) in [5, 5.41) is 17.6. The first-order chi connectivity index (χ1) is 7.72. The minimum Gasteiger partial charge on any atom is -0.392 e. The van der Waals surface area contributed by atoms with Crippen LogP contribution in [0.5, 0.6) is 0 Å². The van der Waals surface area contributed by atoms with Crippen LogP contribution in [0, 0.1) is 18.3 Å². The van der Waals surface area contributed by atoms with Gasteiger partial charge in [-0.2, -0.15) is 5.26 Å². The van der Waals surface area contributed by atoms with E-state index in [2.05, 4.69) is 17.9 Å². The fraction of sp³-hybridized carbons (Fsp3) is 0.462. The van der Waals surface area contributed by atoms with Crippen LogP contribution >= 0.6 is 0 Å². The van der Waals surface area contributed by atoms with E-state index >= 15 is 0 Å². The SMILES string of the molecule is CCN(CCC#N)c1ccc(CO)cc1C. The highest BCUT2D eigenvalue weighted by atomic mass is 16.3. The van der Waals surface area contributed by atoms with Crippen molar-refractivity contribution in [2.75, 3.05) is 18.0 Å². The van der Waals surface area contributed by atoms with Crippen molar-refractivity contribution in [2.24, 2.45) is 0 Å². The van der Waals surface area contributed by atoms with Gasteiger partial charge in [-0.05, 0) is 31.0 Å². The maximum absolute atomic E-state index is 9.03. The lowest BCUT2D eigenvalue weighted by Gasteiger charge is -2.24. The Labute approximate surface area is 96.9 Å². The van der Waals surface area contributed by atoms with Gasteiger partial charge < -0.3 is 10.0 Å². The van der Waals surface area contributed by atoms with Gasteiger partial charge in [0, 0.05) is 18.8 Å². The van der Waals surface area contributed by atoms with Gasteiger partial charge in [0.15, 0.2) is 0 Å². The van der Waals surface area contributed by atoms with E-state index < -0.39 is 0 Å². The van der Waals surface area contributed by atoms with Gasteiger partial charge in [0.05, 0.1) is 19.1 Å². The van der Waals surface area contributed by atoms with Crippen molar-refractivity contribution in [3.63, 3.8) is 0 Å². The Morgan fingerprint density at radius 3 is 2.69 bits per heavy atom. The lowest BCUT2D eigenvalue weighted by Crippen LogP contribution is -2.24. The molecular weight excluding hydrogens is 200 g/mol. The van der Waals surface area contributed by atoms with Crippen LogP contribution in [-0.2, 0) is 6.61 Å². The van der Waals surface area contributed by atoms with Crippen LogP contribution in [-0.4, -0.2) is 18.2 Å². The number of rotatable bonds is 5. The molecule has 0 aliphatic heterocycles. The number of anilines is 1. The van der Waals surface area contributed by atoms with Crippen LogP contribution in [0.15, 0.2) is 18.2 Å². The van der Waals surface area contributed by atoms with Crippen LogP contribution in [0.2, 0.25) is 0 Å². The Hall–Kier alpha value is -1.53. The van der Waals surface area contributed by atoms with Crippen LogP contribution in [0.25, 0.3) is 0 Å². The summed E-state index contributed by atoms with van der Waals surface area (Å²) in [7, 11) is 0. The maximum Gasteiger partial charge on any atom is 0.0681 e. The van der Waals surface area contributed by atoms with Crippen molar-refractivity contribution < 1.29 is 5.11 Å². The number of aliphatic hydroxyl groups is 1. The van der Waals surface area contributed by atoms with E-state index in [0.717, 1.165) is 29.9 Å². The average molecular weight is 218 g/mol. The summed E-state index contributed by atoms with van der Waals surface area (Å²) in [5.41, 5.74) is 3.22. The molecule has 0 aliphatic rings. The summed E-state index contributed by atoms with van der Waals surface area (Å²) >= 11 is 0. The summed E-state index contributed by atoms with van der Waals surface area (Å²) in [6.45, 7) is 5.83. The molecule has 3 nitrogen and oxygen atoms in total. The Kier molecular flexibility index (Phi) is 4.81. The Balaban J connectivity index is 2.88. The molecule has 0 unspecified atom stereocenters. The summed E-state index contributed by atoms with van der Waals surface area (Å²) in [6, 6.07) is 8.10. The Morgan fingerprint density at radius 2 is 2.19 bits per heavy atom. The molecule has 16 heavy (non-hydrogen) atoms. The van der Waals surface area contributed by atoms with E-state index in [1.807, 2.05) is 25.1 Å². The van der Waals surface area contributed by atoms with E-state index in [1.54, 1.807) is 0 Å². The predicted octanol–water partition coefficient (Wildman–Crippen LogP) is 2.23. The lowest BCUT2D eigenvalue weighted by atomic mass is 10.1. The number of aryl methyl sites for hydroxylation is 1. The molecule has 0 heterocycles. The average Bonchev–Trinajstić information content (AvgIpc) is 2.31. The fourth-order valence-corrected chi connectivity index (χ4v) is 1.80. The van der Waals surface area contributed by atoms with Crippen molar-refractivity contribution in [1.29, 1.82) is 5.26 Å². The molecule has 0 spiro atoms. The number of hydrogen-bond donors (Lipinski definition) is 1. The normalized spacial score (nSPS) is 9.88. The molecule has 0 aromatic heterocycles. The third-order valence-electron chi connectivity index (χ3n) is 2.66. The van der Waals surface area contributed by atoms with Gasteiger partial charge in [0.25, 0.3) is 0 Å². The van der Waals surface area contributed by atoms with Crippen molar-refractivity contribution in [3.8, 4) is 6.07 Å². The number of benzene rings is 1. The third-order valence-corrected chi connectivity index (χ3v) is 2.66. The van der Waals surface area contributed by atoms with Crippen molar-refractivity contribution in [2.45, 2.75) is 26.9 Å². The Bertz CT molecular complexity index is 382. The molecule has 1 aromatic rings. The molecule has 86 valence electrons. The summed E-state index contributed by atoms with van der Waals surface area (Å²) in [4.78, 5) is 2.18. The molecular formula is C13H18N2O. The smallest absolute Gasteiger partial charge is 0.0681 e. The number of nitriles is 1. The zero-order chi connectivity index (χ0) is 12.0. The molecule has 0 radical (unpaired) electrons. The first kappa shape index (κ1) is 12.5. The third kappa shape index (κ3) is 2.98. The van der Waals surface area contributed by atoms with Gasteiger partial charge >= 0.3 is 0 Å². The van der Waals surface area contributed by atoms with Gasteiger partial charge in [-0.15, -0.1) is 0 Å². The summed E-state index contributed by atoms with van der Waals surface area (Å²) in [6.07, 6.45) is 0.537. The van der Waals surface area contributed by atoms with Gasteiger partial charge in [0.1, 0.15) is 0 Å². The second kappa shape index (κ2) is 6.14. The lowest BCUT2D eigenvalue weighted by molar-refractivity contribution is 0.282. The largest absolute Gasteiger partial charge is 0.392 e. The fourth-order valence-electron chi connectivity index (χ4n) is 1.80. The monoisotopic (exact) mass is 218 g/mol. The minimum atomic E-state index is 0.0748. The highest BCUT2D eigenvalue weighted by Crippen LogP contribution is 2.21. The van der Waals surface area contributed by atoms with Crippen molar-refractivity contribution in [3.05, 3.63) is 29.3 Å². The minimum absolute atomic E-state index is 0.0748. The van der Waals surface area contributed by atoms with Gasteiger partial charge in [-0.3, -0.25) is 0 Å². The molecule has 0 saturated carbocycles. The molecule has 0 fully saturated rings. The standard InChI is InChI=1S/C13H18N2O/c1-3-15(8-4-7-14)13-6-5-12(10-16)9-11(13)2/h5-6,9,16H,3-4,8,10H2,1-2H3. The van der Waals surface area contributed by atoms with E-state index in [-0.39, 0.29) is 6.61 Å². The summed E-state index contributed by atoms with van der Waals surface area (Å²) < 4.78 is 0. The second-order valence-electron chi connectivity index (χ2n) is 3.77. The zero-order valence-electron chi connectivity index (χ0n) is 9.90. The van der Waals surface area contributed by atoms with Crippen LogP contribution < -0.4 is 4.90 Å². The Morgan fingerprint density at radius 1 is 1.44 bits per heavy atom. The van der Waals surface area contributed by atoms with Crippen LogP contribution in [0.3, 0.4) is 0 Å². The molecule has 1 aromatic carbocycles. The predicted molar refractivity (Wildman–Crippen MR) is 65.2 cm³/mol. The molecule has 0 aliphatic carbocycles. The van der Waals surface area contributed by atoms with Gasteiger partial charge in [-0.1, -0.05) is 12.1 Å². The molecule has 1 rings (SSSR count). The molecule has 0 bridgehead atoms. The maximum atomic E-state index is 9.03. The highest BCUT2D eigenvalue weighted by Gasteiger charge is 2.07. The second-order valence-corrected chi connectivity index (χ2v) is 3.77. The topological polar surface area (TPSA) is 47.3 Å². The molecule has 3 heteroatoms. The van der Waals surface area contributed by atoms with Crippen LogP contribution in [0.1, 0.15) is 24.5 Å². The van der Waals surface area contributed by atoms with E-state index in [0.29, 0.717) is 6.42 Å². The highest BCUT2D eigenvalue weighted by molar-refractivity contribution is 5.54. The quantitative estimate of drug-likeness (QED) is 0.824. The van der Waals surface area contributed by atoms with Crippen LogP contribution in [0.4, 0.5) is 5.69 Å². The van der Waals surface area contributed by atoms with Gasteiger partial charge in [0.2, 0.25) is 0 Å². The van der Waals surface area contributed by atoms with E-state index in [9.17, 15) is 0 Å². The zero-order valence-corrected chi connectivity index (χ0v) is 9.90. The first-order valence-electron chi connectivity index (χ1n) is 5.55. The summed E-state index contributed by atoms with van der Waals surface area (Å²) in [5.74, 6) is 0. The molecule has 0 atom stereocenters. The van der Waals surface area contributed by atoms with E-state index in [4.69, 9.17) is 10.4 Å². The van der Waals surface area contributed by atoms with Gasteiger partial charge in [-0.25, -0.2) is 0 Å². The van der Waals surface area contributed by atoms with Crippen molar-refractivity contribution >= 4 is 5.69 Å². The number of aliphatic hydroxyl groups excluding tert-OH is 1. The molecule has 1 N–H and O–H groups in total. The first-order valence-corrected chi connectivity index (χ1v) is 5.55. The molecule has 0 saturated heterocycles. The van der Waals surface area contributed by atoms with E-state index in [1.165, 1.54) is 0 Å². The molecule has 0 amide bonds.